The fourth-order valence-electron chi connectivity index (χ4n) is 2.25. The molecule has 0 amide bonds. The minimum atomic E-state index is -1.33. The average Bonchev–Trinajstić information content (AvgIpc) is 2.80. The van der Waals surface area contributed by atoms with Crippen LogP contribution < -0.4 is 0 Å². The van der Waals surface area contributed by atoms with Gasteiger partial charge in [0.1, 0.15) is 0 Å². The van der Waals surface area contributed by atoms with E-state index in [1.165, 1.54) is 24.3 Å². The van der Waals surface area contributed by atoms with Crippen molar-refractivity contribution in [2.45, 2.75) is 0 Å². The normalized spacial score (nSPS) is 11.3. The van der Waals surface area contributed by atoms with E-state index in [0.29, 0.717) is 48.2 Å². The van der Waals surface area contributed by atoms with E-state index in [9.17, 15) is 13.6 Å². The Morgan fingerprint density at radius 2 is 2.00 bits per heavy atom. The van der Waals surface area contributed by atoms with Crippen molar-refractivity contribution in [3.63, 3.8) is 0 Å². The van der Waals surface area contributed by atoms with E-state index in [1.54, 1.807) is 26.8 Å². The maximum absolute atomic E-state index is 13.8. The molecule has 0 bridgehead atoms. The zero-order valence-corrected chi connectivity index (χ0v) is 16.2. The number of rotatable bonds is 3. The van der Waals surface area contributed by atoms with Crippen LogP contribution in [0.2, 0.25) is 0 Å². The van der Waals surface area contributed by atoms with Crippen molar-refractivity contribution in [3.8, 4) is 0 Å². The Labute approximate surface area is 146 Å². The van der Waals surface area contributed by atoms with Gasteiger partial charge in [0.2, 0.25) is 0 Å². The first-order chi connectivity index (χ1) is 11.0. The molecule has 0 saturated heterocycles. The summed E-state index contributed by atoms with van der Waals surface area (Å²) >= 11 is 0.300. The van der Waals surface area contributed by atoms with Gasteiger partial charge in [-0.15, -0.1) is 0 Å². The van der Waals surface area contributed by atoms with Crippen molar-refractivity contribution in [2.24, 2.45) is 0 Å². The van der Waals surface area contributed by atoms with Crippen molar-refractivity contribution in [1.82, 2.24) is 7.59 Å². The molecule has 0 aliphatic carbocycles. The van der Waals surface area contributed by atoms with Crippen LogP contribution in [-0.2, 0) is 0 Å². The molecule has 3 aromatic rings. The number of aromatic nitrogens is 2. The Hall–Kier alpha value is -2.10. The summed E-state index contributed by atoms with van der Waals surface area (Å²) in [4.78, 5) is 11.1. The number of carboxylic acid groups (broad SMARTS) is 1. The Morgan fingerprint density at radius 3 is 2.70 bits per heavy atom. The molecule has 4 nitrogen and oxygen atoms in total. The van der Waals surface area contributed by atoms with Gasteiger partial charge in [-0.25, -0.2) is 0 Å². The van der Waals surface area contributed by atoms with Gasteiger partial charge in [-0.3, -0.25) is 0 Å². The van der Waals surface area contributed by atoms with E-state index in [2.05, 4.69) is 5.10 Å². The van der Waals surface area contributed by atoms with Crippen LogP contribution in [0.1, 0.15) is 21.6 Å². The standard InChI is InChI=1S/C16H10F2N2O2.Tl/c17-10-3-1-2-9(6-10)4-5-14-12-7-11(16(21)22)13(18)8-15(12)20-19-14;/h1-8H,(H2,19,20,21,22);/q;+1/p-1/b5-4+;. The molecule has 0 aliphatic rings. The first-order valence-electron chi connectivity index (χ1n) is 6.60. The molecule has 7 heteroatoms. The van der Waals surface area contributed by atoms with Gasteiger partial charge in [-0.2, -0.15) is 0 Å². The van der Waals surface area contributed by atoms with E-state index in [4.69, 9.17) is 5.11 Å². The summed E-state index contributed by atoms with van der Waals surface area (Å²) in [6.07, 6.45) is 3.35. The van der Waals surface area contributed by atoms with E-state index >= 15 is 0 Å². The molecule has 23 heavy (non-hydrogen) atoms. The van der Waals surface area contributed by atoms with Gasteiger partial charge in [-0.1, -0.05) is 0 Å². The second kappa shape index (κ2) is 6.19. The topological polar surface area (TPSA) is 55.1 Å². The first kappa shape index (κ1) is 15.8. The molecule has 2 aromatic carbocycles. The number of halogens is 2. The molecule has 1 heterocycles. The van der Waals surface area contributed by atoms with Crippen molar-refractivity contribution in [2.75, 3.05) is 0 Å². The van der Waals surface area contributed by atoms with Gasteiger partial charge in [-0.05, 0) is 0 Å². The van der Waals surface area contributed by atoms with Gasteiger partial charge in [0.15, 0.2) is 0 Å². The van der Waals surface area contributed by atoms with Crippen LogP contribution in [0.15, 0.2) is 36.4 Å². The zero-order chi connectivity index (χ0) is 16.6. The number of fused-ring (bicyclic) bond motifs is 1. The number of hydrogen-bond donors (Lipinski definition) is 1. The SMILES string of the molecule is O=C(O)c1cc2c(/C=C/c3cccc(F)c3)n[n]([Tl])c2cc1F. The summed E-state index contributed by atoms with van der Waals surface area (Å²) in [7, 11) is 0. The summed E-state index contributed by atoms with van der Waals surface area (Å²) in [5.41, 5.74) is 1.34. The van der Waals surface area contributed by atoms with Gasteiger partial charge in [0.05, 0.1) is 0 Å². The average molecular weight is 504 g/mol. The minimum absolute atomic E-state index is 0.300. The summed E-state index contributed by atoms with van der Waals surface area (Å²) in [6.45, 7) is 0. The molecule has 0 saturated carbocycles. The molecular formula is C16H9F2N2O2Tl. The monoisotopic (exact) mass is 504 g/mol. The summed E-state index contributed by atoms with van der Waals surface area (Å²) in [6, 6.07) is 8.53. The third-order valence-electron chi connectivity index (χ3n) is 3.34. The molecule has 3 rings (SSSR count). The third-order valence-corrected chi connectivity index (χ3v) is 4.87. The molecule has 0 unspecified atom stereocenters. The van der Waals surface area contributed by atoms with Gasteiger partial charge in [0.25, 0.3) is 0 Å². The van der Waals surface area contributed by atoms with Crippen LogP contribution in [0.5, 0.6) is 0 Å². The van der Waals surface area contributed by atoms with Crippen molar-refractivity contribution in [3.05, 3.63) is 64.9 Å². The fourth-order valence-corrected chi connectivity index (χ4v) is 3.57. The van der Waals surface area contributed by atoms with Crippen LogP contribution in [-0.4, -0.2) is 44.7 Å². The molecule has 0 atom stereocenters. The maximum atomic E-state index is 13.8. The molecular weight excluding hydrogens is 495 g/mol. The summed E-state index contributed by atoms with van der Waals surface area (Å²) in [5.74, 6) is -2.46. The van der Waals surface area contributed by atoms with Crippen molar-refractivity contribution >= 4 is 55.1 Å². The Kier molecular flexibility index (Phi) is 4.25. The molecule has 0 spiro atoms. The number of hydrogen-bond acceptors (Lipinski definition) is 2. The number of benzene rings is 2. The van der Waals surface area contributed by atoms with E-state index in [0.717, 1.165) is 0 Å². The van der Waals surface area contributed by atoms with E-state index < -0.39 is 17.3 Å². The summed E-state index contributed by atoms with van der Waals surface area (Å²) < 4.78 is 28.6. The second-order valence-electron chi connectivity index (χ2n) is 4.87. The quantitative estimate of drug-likeness (QED) is 0.559. The number of carbonyl (C=O) groups is 1. The predicted molar refractivity (Wildman–Crippen MR) is 83.1 cm³/mol. The van der Waals surface area contributed by atoms with Crippen LogP contribution >= 0.6 is 0 Å². The van der Waals surface area contributed by atoms with Crippen molar-refractivity contribution in [1.29, 1.82) is 0 Å². The second-order valence-corrected chi connectivity index (χ2v) is 6.77. The molecule has 1 aromatic heterocycles. The molecule has 1 N–H and O–H groups in total. The third kappa shape index (κ3) is 3.16. The number of aromatic carboxylic acids is 1. The first-order valence-corrected chi connectivity index (χ1v) is 8.61. The molecule has 0 radical (unpaired) electrons. The Bertz CT molecular complexity index is 951. The number of carboxylic acids is 1. The van der Waals surface area contributed by atoms with Gasteiger partial charge in [0, 0.05) is 0 Å². The molecule has 0 fully saturated rings. The van der Waals surface area contributed by atoms with Crippen LogP contribution in [0, 0.1) is 11.6 Å². The van der Waals surface area contributed by atoms with Crippen LogP contribution in [0.3, 0.4) is 0 Å². The van der Waals surface area contributed by atoms with Gasteiger partial charge < -0.3 is 0 Å². The zero-order valence-electron chi connectivity index (χ0n) is 11.7. The van der Waals surface area contributed by atoms with E-state index in [-0.39, 0.29) is 5.82 Å². The summed E-state index contributed by atoms with van der Waals surface area (Å²) in [5, 5.41) is 13.9. The fraction of sp³-hybridized carbons (Fsp3) is 0. The number of nitrogens with zero attached hydrogens (tertiary/aromatic N) is 2. The molecule has 0 aliphatic heterocycles. The Balaban J connectivity index is 2.10. The van der Waals surface area contributed by atoms with Gasteiger partial charge >= 0.3 is 146 Å². The van der Waals surface area contributed by atoms with E-state index in [1.807, 2.05) is 0 Å². The Morgan fingerprint density at radius 1 is 1.22 bits per heavy atom. The molecule has 112 valence electrons. The van der Waals surface area contributed by atoms with Crippen molar-refractivity contribution < 1.29 is 18.7 Å². The van der Waals surface area contributed by atoms with Crippen LogP contribution in [0.25, 0.3) is 23.1 Å². The van der Waals surface area contributed by atoms with Crippen LogP contribution in [0.4, 0.5) is 8.78 Å². The predicted octanol–water partition coefficient (Wildman–Crippen LogP) is 3.11.